The van der Waals surface area contributed by atoms with Crippen LogP contribution in [0.4, 0.5) is 4.39 Å². The van der Waals surface area contributed by atoms with Crippen LogP contribution in [0.5, 0.6) is 5.88 Å². The molecule has 1 unspecified atom stereocenters. The van der Waals surface area contributed by atoms with Gasteiger partial charge >= 0.3 is 5.97 Å². The van der Waals surface area contributed by atoms with E-state index in [1.807, 2.05) is 30.3 Å². The molecule has 0 radical (unpaired) electrons. The van der Waals surface area contributed by atoms with E-state index < -0.39 is 11.8 Å². The van der Waals surface area contributed by atoms with Gasteiger partial charge < -0.3 is 9.84 Å². The van der Waals surface area contributed by atoms with Gasteiger partial charge in [-0.2, -0.15) is 0 Å². The molecule has 0 aliphatic heterocycles. The fourth-order valence-electron chi connectivity index (χ4n) is 1.63. The number of carboxylic acids is 1. The van der Waals surface area contributed by atoms with Crippen molar-refractivity contribution in [2.45, 2.75) is 13.0 Å². The maximum absolute atomic E-state index is 13.0. The summed E-state index contributed by atoms with van der Waals surface area (Å²) in [4.78, 5) is 14.7. The normalized spacial score (nSPS) is 11.9. The highest BCUT2D eigenvalue weighted by atomic mass is 19.1. The van der Waals surface area contributed by atoms with E-state index in [0.717, 1.165) is 17.8 Å². The third-order valence-electron chi connectivity index (χ3n) is 2.61. The Bertz CT molecular complexity index is 586. The van der Waals surface area contributed by atoms with Crippen LogP contribution in [-0.2, 0) is 0 Å². The zero-order chi connectivity index (χ0) is 13.8. The molecule has 1 aromatic carbocycles. The highest BCUT2D eigenvalue weighted by Gasteiger charge is 2.17. The van der Waals surface area contributed by atoms with Gasteiger partial charge in [0.1, 0.15) is 17.5 Å². The van der Waals surface area contributed by atoms with E-state index in [9.17, 15) is 9.18 Å². The average Bonchev–Trinajstić information content (AvgIpc) is 2.41. The number of pyridine rings is 1. The van der Waals surface area contributed by atoms with Crippen molar-refractivity contribution in [3.8, 4) is 5.88 Å². The summed E-state index contributed by atoms with van der Waals surface area (Å²) in [5.41, 5.74) is 0.591. The third kappa shape index (κ3) is 3.07. The fraction of sp³-hybridized carbons (Fsp3) is 0.143. The first kappa shape index (κ1) is 13.0. The minimum absolute atomic E-state index is 0.0924. The molecule has 4 nitrogen and oxygen atoms in total. The summed E-state index contributed by atoms with van der Waals surface area (Å²) >= 11 is 0. The lowest BCUT2D eigenvalue weighted by Crippen LogP contribution is -2.09. The molecule has 1 aromatic heterocycles. The van der Waals surface area contributed by atoms with Crippen molar-refractivity contribution in [2.24, 2.45) is 0 Å². The first-order valence-electron chi connectivity index (χ1n) is 5.68. The molecular formula is C14H12FNO3. The Morgan fingerprint density at radius 2 is 2.05 bits per heavy atom. The van der Waals surface area contributed by atoms with E-state index in [0.29, 0.717) is 0 Å². The molecule has 19 heavy (non-hydrogen) atoms. The van der Waals surface area contributed by atoms with Gasteiger partial charge in [0.25, 0.3) is 0 Å². The number of aromatic nitrogens is 1. The van der Waals surface area contributed by atoms with Gasteiger partial charge in [-0.25, -0.2) is 14.2 Å². The second-order valence-electron chi connectivity index (χ2n) is 3.98. The van der Waals surface area contributed by atoms with Crippen molar-refractivity contribution in [2.75, 3.05) is 0 Å². The van der Waals surface area contributed by atoms with Crippen molar-refractivity contribution in [3.05, 3.63) is 59.5 Å². The van der Waals surface area contributed by atoms with Gasteiger partial charge in [-0.3, -0.25) is 0 Å². The predicted octanol–water partition coefficient (Wildman–Crippen LogP) is 3.06. The van der Waals surface area contributed by atoms with Crippen LogP contribution < -0.4 is 4.74 Å². The Labute approximate surface area is 109 Å². The first-order chi connectivity index (χ1) is 9.08. The summed E-state index contributed by atoms with van der Waals surface area (Å²) in [7, 11) is 0. The number of rotatable bonds is 4. The molecule has 0 spiro atoms. The maximum atomic E-state index is 13.0. The van der Waals surface area contributed by atoms with Crippen LogP contribution in [0.15, 0.2) is 42.6 Å². The lowest BCUT2D eigenvalue weighted by molar-refractivity contribution is 0.0687. The Morgan fingerprint density at radius 1 is 1.37 bits per heavy atom. The Morgan fingerprint density at radius 3 is 2.68 bits per heavy atom. The third-order valence-corrected chi connectivity index (χ3v) is 2.61. The van der Waals surface area contributed by atoms with E-state index in [1.54, 1.807) is 6.92 Å². The van der Waals surface area contributed by atoms with Crippen LogP contribution in [-0.4, -0.2) is 16.1 Å². The number of halogens is 1. The van der Waals surface area contributed by atoms with Gasteiger partial charge in [0.15, 0.2) is 0 Å². The largest absolute Gasteiger partial charge is 0.477 e. The average molecular weight is 261 g/mol. The number of hydrogen-bond donors (Lipinski definition) is 1. The van der Waals surface area contributed by atoms with Gasteiger partial charge in [0.05, 0.1) is 6.20 Å². The van der Waals surface area contributed by atoms with Gasteiger partial charge in [-0.1, -0.05) is 30.3 Å². The molecular weight excluding hydrogens is 249 g/mol. The molecule has 5 heteroatoms. The van der Waals surface area contributed by atoms with Gasteiger partial charge in [0, 0.05) is 0 Å². The monoisotopic (exact) mass is 261 g/mol. The van der Waals surface area contributed by atoms with Crippen molar-refractivity contribution in [1.29, 1.82) is 0 Å². The fourth-order valence-corrected chi connectivity index (χ4v) is 1.63. The lowest BCUT2D eigenvalue weighted by Gasteiger charge is -2.15. The number of hydrogen-bond acceptors (Lipinski definition) is 3. The van der Waals surface area contributed by atoms with Gasteiger partial charge in [-0.05, 0) is 18.6 Å². The lowest BCUT2D eigenvalue weighted by atomic mass is 10.1. The standard InChI is InChI=1S/C14H12FNO3/c1-9(10-5-3-2-4-6-10)19-13-12(14(17)18)7-11(15)8-16-13/h2-9H,1H3,(H,17,18). The van der Waals surface area contributed by atoms with Crippen molar-refractivity contribution in [1.82, 2.24) is 4.98 Å². The molecule has 0 amide bonds. The summed E-state index contributed by atoms with van der Waals surface area (Å²) < 4.78 is 18.5. The molecule has 0 aliphatic carbocycles. The van der Waals surface area contributed by atoms with Crippen molar-refractivity contribution < 1.29 is 19.0 Å². The summed E-state index contributed by atoms with van der Waals surface area (Å²) in [6.07, 6.45) is 0.553. The van der Waals surface area contributed by atoms with E-state index in [4.69, 9.17) is 9.84 Å². The Hall–Kier alpha value is -2.43. The number of benzene rings is 1. The molecule has 2 aromatic rings. The van der Waals surface area contributed by atoms with Gasteiger partial charge in [0.2, 0.25) is 5.88 Å². The Balaban J connectivity index is 2.26. The van der Waals surface area contributed by atoms with E-state index in [1.165, 1.54) is 0 Å². The van der Waals surface area contributed by atoms with Crippen LogP contribution in [0.1, 0.15) is 28.9 Å². The number of carboxylic acid groups (broad SMARTS) is 1. The first-order valence-corrected chi connectivity index (χ1v) is 5.68. The maximum Gasteiger partial charge on any atom is 0.341 e. The number of nitrogens with zero attached hydrogens (tertiary/aromatic N) is 1. The van der Waals surface area contributed by atoms with Crippen LogP contribution in [0, 0.1) is 5.82 Å². The quantitative estimate of drug-likeness (QED) is 0.918. The molecule has 1 heterocycles. The summed E-state index contributed by atoms with van der Waals surface area (Å²) in [5.74, 6) is -2.08. The molecule has 2 rings (SSSR count). The second kappa shape index (κ2) is 5.48. The SMILES string of the molecule is CC(Oc1ncc(F)cc1C(=O)O)c1ccccc1. The highest BCUT2D eigenvalue weighted by molar-refractivity contribution is 5.90. The van der Waals surface area contributed by atoms with Crippen LogP contribution in [0.25, 0.3) is 0 Å². The van der Waals surface area contributed by atoms with E-state index in [2.05, 4.69) is 4.98 Å². The molecule has 0 saturated carbocycles. The minimum atomic E-state index is -1.28. The van der Waals surface area contributed by atoms with E-state index in [-0.39, 0.29) is 17.5 Å². The van der Waals surface area contributed by atoms with E-state index >= 15 is 0 Å². The predicted molar refractivity (Wildman–Crippen MR) is 66.6 cm³/mol. The number of ether oxygens (including phenoxy) is 1. The zero-order valence-electron chi connectivity index (χ0n) is 10.2. The number of carbonyl (C=O) groups is 1. The molecule has 98 valence electrons. The number of aromatic carboxylic acids is 1. The molecule has 0 saturated heterocycles. The topological polar surface area (TPSA) is 59.4 Å². The summed E-state index contributed by atoms with van der Waals surface area (Å²) in [5, 5.41) is 8.99. The Kier molecular flexibility index (Phi) is 3.75. The summed E-state index contributed by atoms with van der Waals surface area (Å²) in [6.45, 7) is 1.77. The molecule has 0 aliphatic rings. The molecule has 0 fully saturated rings. The smallest absolute Gasteiger partial charge is 0.341 e. The van der Waals surface area contributed by atoms with Crippen LogP contribution >= 0.6 is 0 Å². The van der Waals surface area contributed by atoms with Crippen LogP contribution in [0.3, 0.4) is 0 Å². The molecule has 1 atom stereocenters. The minimum Gasteiger partial charge on any atom is -0.477 e. The second-order valence-corrected chi connectivity index (χ2v) is 3.98. The van der Waals surface area contributed by atoms with Crippen molar-refractivity contribution in [3.63, 3.8) is 0 Å². The summed E-state index contributed by atoms with van der Waals surface area (Å²) in [6, 6.07) is 10.2. The zero-order valence-corrected chi connectivity index (χ0v) is 10.2. The molecule has 0 bridgehead atoms. The van der Waals surface area contributed by atoms with Crippen LogP contribution in [0.2, 0.25) is 0 Å². The highest BCUT2D eigenvalue weighted by Crippen LogP contribution is 2.23. The van der Waals surface area contributed by atoms with Gasteiger partial charge in [-0.15, -0.1) is 0 Å². The molecule has 1 N–H and O–H groups in total. The van der Waals surface area contributed by atoms with Crippen molar-refractivity contribution >= 4 is 5.97 Å².